The summed E-state index contributed by atoms with van der Waals surface area (Å²) in [6.45, 7) is 27.6. The molecule has 59 heavy (non-hydrogen) atoms. The zero-order chi connectivity index (χ0) is 46.5. The van der Waals surface area contributed by atoms with Gasteiger partial charge in [-0.15, -0.1) is 0 Å². The number of carbonyl (C=O) groups excluding carboxylic acids is 1. The van der Waals surface area contributed by atoms with Crippen molar-refractivity contribution in [1.29, 1.82) is 0 Å². The van der Waals surface area contributed by atoms with Gasteiger partial charge in [-0.2, -0.15) is 0 Å². The van der Waals surface area contributed by atoms with Gasteiger partial charge >= 0.3 is 0 Å². The summed E-state index contributed by atoms with van der Waals surface area (Å²) in [6.07, 6.45) is 1.88. The van der Waals surface area contributed by atoms with Crippen LogP contribution in [0.25, 0.3) is 0 Å². The lowest BCUT2D eigenvalue weighted by atomic mass is 9.78. The third kappa shape index (κ3) is 25.1. The number of ether oxygens (including phenoxy) is 4. The number of hydroxylamine groups is 1. The van der Waals surface area contributed by atoms with E-state index in [-0.39, 0.29) is 42.9 Å². The Hall–Kier alpha value is -0.850. The average molecular weight is 855 g/mol. The van der Waals surface area contributed by atoms with Crippen LogP contribution in [0.3, 0.4) is 0 Å². The molecule has 358 valence electrons. The summed E-state index contributed by atoms with van der Waals surface area (Å²) >= 11 is 0. The molecule has 15 atom stereocenters. The van der Waals surface area contributed by atoms with Crippen LogP contribution >= 0.6 is 0 Å². The largest absolute Gasteiger partial charge is 0.396 e. The molecular formula is C45H98N4O10. The van der Waals surface area contributed by atoms with Crippen molar-refractivity contribution in [3.63, 3.8) is 0 Å². The summed E-state index contributed by atoms with van der Waals surface area (Å²) in [5, 5.41) is 41.1. The van der Waals surface area contributed by atoms with Gasteiger partial charge in [0.1, 0.15) is 18.5 Å². The lowest BCUT2D eigenvalue weighted by Gasteiger charge is -2.45. The van der Waals surface area contributed by atoms with Crippen LogP contribution in [0.15, 0.2) is 0 Å². The normalized spacial score (nSPS) is 23.5. The number of rotatable bonds is 28. The van der Waals surface area contributed by atoms with E-state index in [0.29, 0.717) is 51.2 Å². The molecule has 14 heteroatoms. The van der Waals surface area contributed by atoms with E-state index in [0.717, 1.165) is 25.5 Å². The number of hydrogen-bond acceptors (Lipinski definition) is 14. The van der Waals surface area contributed by atoms with Gasteiger partial charge in [0.05, 0.1) is 36.1 Å². The van der Waals surface area contributed by atoms with Crippen molar-refractivity contribution >= 4 is 6.29 Å². The van der Waals surface area contributed by atoms with Crippen LogP contribution in [-0.2, 0) is 28.6 Å². The van der Waals surface area contributed by atoms with Gasteiger partial charge in [0.2, 0.25) is 0 Å². The van der Waals surface area contributed by atoms with Crippen molar-refractivity contribution in [3.8, 4) is 0 Å². The van der Waals surface area contributed by atoms with Crippen LogP contribution in [0.1, 0.15) is 135 Å². The first kappa shape index (κ1) is 62.4. The summed E-state index contributed by atoms with van der Waals surface area (Å²) < 4.78 is 24.4. The van der Waals surface area contributed by atoms with Gasteiger partial charge in [-0.25, -0.2) is 5.48 Å². The summed E-state index contributed by atoms with van der Waals surface area (Å²) in [5.41, 5.74) is 6.74. The Morgan fingerprint density at radius 3 is 2.00 bits per heavy atom. The highest BCUT2D eigenvalue weighted by molar-refractivity contribution is 5.53. The molecule has 1 saturated heterocycles. The first-order chi connectivity index (χ1) is 27.7. The van der Waals surface area contributed by atoms with Crippen molar-refractivity contribution in [3.05, 3.63) is 0 Å². The van der Waals surface area contributed by atoms with E-state index in [1.807, 2.05) is 76.3 Å². The first-order valence-corrected chi connectivity index (χ1v) is 22.7. The summed E-state index contributed by atoms with van der Waals surface area (Å²) in [5.74, 6) is -0.555. The molecule has 0 radical (unpaired) electrons. The SMILES string of the molecule is CC.CC.CC[C@@H](OC)C(O)C(OC)C(C)N(C)C[C@H](C)C[C@@](C)(O)[C@H](OC1CC(N(C)C)CC(C)O1)[C@@H](C)[C@H](ONCCC(C)CC(C)O)C(C)C=O.NCCCO. The Morgan fingerprint density at radius 2 is 1.56 bits per heavy atom. The van der Waals surface area contributed by atoms with Gasteiger partial charge in [0.15, 0.2) is 6.29 Å². The number of aliphatic hydroxyl groups is 4. The number of nitrogens with zero attached hydrogens (tertiary/aromatic N) is 2. The number of nitrogens with one attached hydrogen (secondary N) is 1. The fourth-order valence-corrected chi connectivity index (χ4v) is 7.95. The number of nitrogens with two attached hydrogens (primary N) is 1. The maximum Gasteiger partial charge on any atom is 0.159 e. The Morgan fingerprint density at radius 1 is 0.966 bits per heavy atom. The smallest absolute Gasteiger partial charge is 0.159 e. The first-order valence-electron chi connectivity index (χ1n) is 22.7. The number of methoxy groups -OCH3 is 2. The molecule has 7 N–H and O–H groups in total. The second-order valence-corrected chi connectivity index (χ2v) is 16.9. The Kier molecular flexibility index (Phi) is 37.7. The number of aldehydes is 1. The molecule has 1 heterocycles. The number of likely N-dealkylation sites (N-methyl/N-ethyl adjacent to an activating group) is 1. The van der Waals surface area contributed by atoms with Gasteiger partial charge < -0.3 is 59.7 Å². The highest BCUT2D eigenvalue weighted by Gasteiger charge is 2.45. The van der Waals surface area contributed by atoms with E-state index in [1.165, 1.54) is 0 Å². The molecule has 1 fully saturated rings. The van der Waals surface area contributed by atoms with Crippen LogP contribution in [-0.4, -0.2) is 165 Å². The molecular weight excluding hydrogens is 757 g/mol. The molecule has 1 aliphatic heterocycles. The number of hydrogen-bond donors (Lipinski definition) is 6. The van der Waals surface area contributed by atoms with Crippen molar-refractivity contribution in [2.75, 3.05) is 61.6 Å². The van der Waals surface area contributed by atoms with Crippen LogP contribution in [0.2, 0.25) is 0 Å². The molecule has 0 aliphatic carbocycles. The fourth-order valence-electron chi connectivity index (χ4n) is 7.95. The van der Waals surface area contributed by atoms with Gasteiger partial charge in [-0.3, -0.25) is 4.84 Å². The Labute approximate surface area is 362 Å². The zero-order valence-electron chi connectivity index (χ0n) is 41.1. The third-order valence-corrected chi connectivity index (χ3v) is 11.1. The average Bonchev–Trinajstić information content (AvgIpc) is 3.18. The molecule has 0 aromatic carbocycles. The van der Waals surface area contributed by atoms with Crippen molar-refractivity contribution < 1.29 is 49.0 Å². The number of carbonyl (C=O) groups is 1. The molecule has 1 aliphatic rings. The minimum atomic E-state index is -1.32. The number of aliphatic hydroxyl groups excluding tert-OH is 3. The van der Waals surface area contributed by atoms with Crippen molar-refractivity contribution in [1.82, 2.24) is 15.3 Å². The molecule has 1 rings (SSSR count). The monoisotopic (exact) mass is 855 g/mol. The maximum absolute atomic E-state index is 12.4. The van der Waals surface area contributed by atoms with Crippen LogP contribution in [0.4, 0.5) is 0 Å². The second kappa shape index (κ2) is 35.6. The molecule has 0 amide bonds. The summed E-state index contributed by atoms with van der Waals surface area (Å²) in [6, 6.07) is 0.137. The minimum Gasteiger partial charge on any atom is -0.396 e. The molecule has 9 unspecified atom stereocenters. The van der Waals surface area contributed by atoms with Gasteiger partial charge in [-0.1, -0.05) is 62.3 Å². The molecule has 0 spiro atoms. The maximum atomic E-state index is 12.4. The predicted octanol–water partition coefficient (Wildman–Crippen LogP) is 5.26. The Bertz CT molecular complexity index is 962. The molecule has 0 aromatic rings. The van der Waals surface area contributed by atoms with Crippen LogP contribution < -0.4 is 11.2 Å². The zero-order valence-corrected chi connectivity index (χ0v) is 41.1. The van der Waals surface area contributed by atoms with Gasteiger partial charge in [-0.05, 0) is 106 Å². The lowest BCUT2D eigenvalue weighted by molar-refractivity contribution is -0.270. The summed E-state index contributed by atoms with van der Waals surface area (Å²) in [7, 11) is 9.33. The highest BCUT2D eigenvalue weighted by atomic mass is 16.7. The van der Waals surface area contributed by atoms with Crippen molar-refractivity contribution in [2.45, 2.75) is 202 Å². The molecule has 0 bridgehead atoms. The third-order valence-electron chi connectivity index (χ3n) is 11.1. The van der Waals surface area contributed by atoms with E-state index in [1.54, 1.807) is 21.1 Å². The second-order valence-electron chi connectivity index (χ2n) is 16.9. The van der Waals surface area contributed by atoms with Crippen LogP contribution in [0.5, 0.6) is 0 Å². The predicted molar refractivity (Wildman–Crippen MR) is 241 cm³/mol. The highest BCUT2D eigenvalue weighted by Crippen LogP contribution is 2.36. The van der Waals surface area contributed by atoms with Crippen LogP contribution in [0, 0.1) is 23.7 Å². The fraction of sp³-hybridized carbons (Fsp3) is 0.978. The van der Waals surface area contributed by atoms with Gasteiger partial charge in [0.25, 0.3) is 0 Å². The molecule has 0 aromatic heterocycles. The molecule has 0 saturated carbocycles. The van der Waals surface area contributed by atoms with E-state index >= 15 is 0 Å². The van der Waals surface area contributed by atoms with E-state index in [2.05, 4.69) is 43.2 Å². The van der Waals surface area contributed by atoms with Crippen molar-refractivity contribution in [2.24, 2.45) is 29.4 Å². The van der Waals surface area contributed by atoms with E-state index in [9.17, 15) is 20.1 Å². The van der Waals surface area contributed by atoms with Gasteiger partial charge in [0, 0.05) is 64.3 Å². The molecule has 14 nitrogen and oxygen atoms in total. The minimum absolute atomic E-state index is 0.0168. The lowest BCUT2D eigenvalue weighted by Crippen LogP contribution is -2.55. The summed E-state index contributed by atoms with van der Waals surface area (Å²) in [4.78, 5) is 22.8. The van der Waals surface area contributed by atoms with E-state index in [4.69, 9.17) is 34.6 Å². The Balaban J connectivity index is -0.00000317. The standard InChI is InChI=1S/C38H77N3O9.C3H9NO.2C2H6/c1-15-32(46-13)34(44)36(47-14)30(8)41(12)22-25(3)21-38(9,45)37(49-33-20-31(40(10)11)19-28(6)48-33)29(7)35(26(4)23-42)50-39-17-16-24(2)18-27(5)43;4-2-1-3-5;2*1-2/h23-37,39,43-45H,15-22H2,1-14H3;5H,1-4H2;2*1-2H3/t24?,25-,26?,27?,28?,29+,30?,31?,32-,33?,34?,35-,36?,37-,38-;;;/m1.../s1. The topological polar surface area (TPSA) is 189 Å². The quantitative estimate of drug-likeness (QED) is 0.0340. The van der Waals surface area contributed by atoms with E-state index < -0.39 is 48.1 Å².